The normalized spacial score (nSPS) is 17.5. The summed E-state index contributed by atoms with van der Waals surface area (Å²) < 4.78 is 0. The van der Waals surface area contributed by atoms with Gasteiger partial charge in [0.15, 0.2) is 0 Å². The van der Waals surface area contributed by atoms with Crippen LogP contribution in [-0.4, -0.2) is 46.9 Å². The number of hydrogen-bond donors (Lipinski definition) is 4. The molecule has 1 fully saturated rings. The van der Waals surface area contributed by atoms with E-state index in [1.807, 2.05) is 0 Å². The van der Waals surface area contributed by atoms with Gasteiger partial charge in [-0.3, -0.25) is 0 Å². The Morgan fingerprint density at radius 3 is 0.303 bits per heavy atom. The molecular weight excluding hydrogens is 412 g/mol. The van der Waals surface area contributed by atoms with Crippen LogP contribution in [0.25, 0.3) is 0 Å². The molecule has 1 rings (SSSR count). The van der Waals surface area contributed by atoms with Crippen molar-refractivity contribution in [3.8, 4) is 0 Å². The average molecular weight is 479 g/mol. The average Bonchev–Trinajstić information content (AvgIpc) is 2.78. The molecule has 0 heterocycles. The maximum Gasteiger partial charge on any atom is 0.0402 e. The minimum Gasteiger partial charge on any atom is -0.397 e. The van der Waals surface area contributed by atoms with Gasteiger partial charge in [0.2, 0.25) is 0 Å². The van der Waals surface area contributed by atoms with Crippen LogP contribution in [-0.2, 0) is 0 Å². The molecule has 1 saturated carbocycles. The van der Waals surface area contributed by atoms with E-state index in [0.29, 0.717) is 0 Å². The van der Waals surface area contributed by atoms with Gasteiger partial charge in [-0.15, -0.1) is 0 Å². The van der Waals surface area contributed by atoms with Gasteiger partial charge in [-0.2, -0.15) is 0 Å². The molecule has 0 aromatic heterocycles. The zero-order chi connectivity index (χ0) is 25.7. The van der Waals surface area contributed by atoms with Crippen molar-refractivity contribution in [3.63, 3.8) is 0 Å². The summed E-state index contributed by atoms with van der Waals surface area (Å²) >= 11 is 0. The Morgan fingerprint density at radius 2 is 0.273 bits per heavy atom. The van der Waals surface area contributed by atoms with Crippen molar-refractivity contribution in [2.75, 3.05) is 26.4 Å². The van der Waals surface area contributed by atoms with Gasteiger partial charge in [-0.25, -0.2) is 0 Å². The maximum atomic E-state index is 7.57. The largest absolute Gasteiger partial charge is 0.397 e. The topological polar surface area (TPSA) is 80.9 Å². The van der Waals surface area contributed by atoms with Gasteiger partial charge in [-0.1, -0.05) is 135 Å². The predicted molar refractivity (Wildman–Crippen MR) is 148 cm³/mol. The summed E-state index contributed by atoms with van der Waals surface area (Å²) in [6, 6.07) is 0. The third-order valence-corrected chi connectivity index (χ3v) is 5.25. The fraction of sp³-hybridized carbons (Fsp3) is 1.00. The molecule has 0 spiro atoms. The van der Waals surface area contributed by atoms with Crippen molar-refractivity contribution in [2.24, 2.45) is 0 Å². The molecule has 1 aliphatic carbocycles. The first-order chi connectivity index (χ1) is 16.2. The molecule has 4 nitrogen and oxygen atoms in total. The van der Waals surface area contributed by atoms with Crippen LogP contribution in [0.5, 0.6) is 0 Å². The van der Waals surface area contributed by atoms with Gasteiger partial charge in [0, 0.05) is 26.4 Å². The maximum absolute atomic E-state index is 7.57. The highest BCUT2D eigenvalue weighted by Crippen LogP contribution is 2.16. The third kappa shape index (κ3) is 65.3. The molecular formula is C29H66O4. The molecule has 0 saturated heterocycles. The summed E-state index contributed by atoms with van der Waals surface area (Å²) in [5.74, 6) is 0. The lowest BCUT2D eigenvalue weighted by Crippen LogP contribution is -1.83. The quantitative estimate of drug-likeness (QED) is 0.283. The minimum atomic E-state index is 0.250. The van der Waals surface area contributed by atoms with E-state index in [2.05, 4.69) is 0 Å². The highest BCUT2D eigenvalue weighted by Gasteiger charge is 1.97. The molecule has 0 unspecified atom stereocenters. The van der Waals surface area contributed by atoms with E-state index in [9.17, 15) is 0 Å². The van der Waals surface area contributed by atoms with Crippen molar-refractivity contribution < 1.29 is 20.4 Å². The summed E-state index contributed by atoms with van der Waals surface area (Å²) in [5, 5.41) is 30.3. The van der Waals surface area contributed by atoms with E-state index < -0.39 is 0 Å². The Bertz CT molecular complexity index is 150. The molecule has 0 amide bonds. The number of hydrogen-bond acceptors (Lipinski definition) is 4. The van der Waals surface area contributed by atoms with Crippen molar-refractivity contribution >= 4 is 0 Å². The molecule has 0 aliphatic heterocycles. The van der Waals surface area contributed by atoms with Crippen LogP contribution in [0.2, 0.25) is 0 Å². The Kier molecular flexibility index (Phi) is 59.5. The standard InChI is InChI=1S/C21H42.4C2H6O/c1-2-4-6-8-10-12-14-16-18-20-21-19-17-15-13-11-9-7-5-3-1;4*1-2-3/h1-21H2;4*3H,2H2,1H3. The Labute approximate surface area is 209 Å². The summed E-state index contributed by atoms with van der Waals surface area (Å²) in [4.78, 5) is 0. The molecule has 4 N–H and O–H groups in total. The highest BCUT2D eigenvalue weighted by molar-refractivity contribution is 4.52. The molecule has 4 heteroatoms. The van der Waals surface area contributed by atoms with Gasteiger partial charge < -0.3 is 20.4 Å². The lowest BCUT2D eigenvalue weighted by atomic mass is 10.0. The van der Waals surface area contributed by atoms with Gasteiger partial charge in [0.05, 0.1) is 0 Å². The SMILES string of the molecule is C1CCCCCCCCCCCCCCCCCCCC1.CCO.CCO.CCO.CCO. The van der Waals surface area contributed by atoms with Gasteiger partial charge >= 0.3 is 0 Å². The Balaban J connectivity index is -0.000000292. The predicted octanol–water partition coefficient (Wildman–Crippen LogP) is 8.19. The molecule has 0 aromatic carbocycles. The first-order valence-corrected chi connectivity index (χ1v) is 14.6. The van der Waals surface area contributed by atoms with Gasteiger partial charge in [0.25, 0.3) is 0 Å². The van der Waals surface area contributed by atoms with E-state index in [-0.39, 0.29) is 26.4 Å². The summed E-state index contributed by atoms with van der Waals surface area (Å²) in [6.07, 6.45) is 31.5. The first-order valence-electron chi connectivity index (χ1n) is 14.6. The van der Waals surface area contributed by atoms with Gasteiger partial charge in [-0.05, 0) is 27.7 Å². The lowest BCUT2D eigenvalue weighted by molar-refractivity contribution is 0.318. The number of aliphatic hydroxyl groups is 4. The second-order valence-electron chi connectivity index (χ2n) is 8.69. The summed E-state index contributed by atoms with van der Waals surface area (Å²) in [5.41, 5.74) is 0. The van der Waals surface area contributed by atoms with Crippen LogP contribution in [0, 0.1) is 0 Å². The van der Waals surface area contributed by atoms with E-state index >= 15 is 0 Å². The zero-order valence-corrected chi connectivity index (χ0v) is 23.5. The summed E-state index contributed by atoms with van der Waals surface area (Å²) in [7, 11) is 0. The number of rotatable bonds is 0. The van der Waals surface area contributed by atoms with Crippen LogP contribution in [0.4, 0.5) is 0 Å². The van der Waals surface area contributed by atoms with Gasteiger partial charge in [0.1, 0.15) is 0 Å². The molecule has 1 aliphatic rings. The smallest absolute Gasteiger partial charge is 0.0402 e. The fourth-order valence-electron chi connectivity index (χ4n) is 3.71. The monoisotopic (exact) mass is 478 g/mol. The lowest BCUT2D eigenvalue weighted by Gasteiger charge is -2.03. The van der Waals surface area contributed by atoms with Crippen LogP contribution in [0.15, 0.2) is 0 Å². The molecule has 0 aromatic rings. The Morgan fingerprint density at radius 1 is 0.242 bits per heavy atom. The van der Waals surface area contributed by atoms with E-state index in [1.54, 1.807) is 27.7 Å². The van der Waals surface area contributed by atoms with E-state index in [1.165, 1.54) is 135 Å². The zero-order valence-electron chi connectivity index (χ0n) is 23.5. The Hall–Kier alpha value is -0.160. The van der Waals surface area contributed by atoms with Crippen LogP contribution in [0.3, 0.4) is 0 Å². The number of aliphatic hydroxyl groups excluding tert-OH is 4. The van der Waals surface area contributed by atoms with Crippen LogP contribution < -0.4 is 0 Å². The van der Waals surface area contributed by atoms with Crippen molar-refractivity contribution in [3.05, 3.63) is 0 Å². The molecule has 0 radical (unpaired) electrons. The molecule has 0 bridgehead atoms. The van der Waals surface area contributed by atoms with E-state index in [4.69, 9.17) is 20.4 Å². The molecule has 0 atom stereocenters. The van der Waals surface area contributed by atoms with Crippen molar-refractivity contribution in [1.29, 1.82) is 0 Å². The van der Waals surface area contributed by atoms with Crippen molar-refractivity contribution in [2.45, 2.75) is 163 Å². The third-order valence-electron chi connectivity index (χ3n) is 5.25. The van der Waals surface area contributed by atoms with Crippen molar-refractivity contribution in [1.82, 2.24) is 0 Å². The van der Waals surface area contributed by atoms with E-state index in [0.717, 1.165) is 0 Å². The highest BCUT2D eigenvalue weighted by atomic mass is 16.3. The molecule has 33 heavy (non-hydrogen) atoms. The minimum absolute atomic E-state index is 0.250. The first kappa shape index (κ1) is 40.0. The summed E-state index contributed by atoms with van der Waals surface area (Å²) in [6.45, 7) is 7.72. The second kappa shape index (κ2) is 49.1. The molecule has 206 valence electrons. The fourth-order valence-corrected chi connectivity index (χ4v) is 3.71. The second-order valence-corrected chi connectivity index (χ2v) is 8.69. The van der Waals surface area contributed by atoms with Crippen LogP contribution >= 0.6 is 0 Å². The van der Waals surface area contributed by atoms with Crippen LogP contribution in [0.1, 0.15) is 163 Å².